The van der Waals surface area contributed by atoms with Gasteiger partial charge in [-0.3, -0.25) is 4.79 Å². The number of piperazine rings is 1. The molecule has 0 atom stereocenters. The minimum absolute atomic E-state index is 0.0415. The number of benzene rings is 1. The van der Waals surface area contributed by atoms with Crippen LogP contribution in [-0.4, -0.2) is 56.7 Å². The topological polar surface area (TPSA) is 79.6 Å². The van der Waals surface area contributed by atoms with Gasteiger partial charge in [-0.2, -0.15) is 0 Å². The number of nitrogens with zero attached hydrogens (tertiary/aromatic N) is 1. The summed E-state index contributed by atoms with van der Waals surface area (Å²) in [5, 5.41) is 6.44. The highest BCUT2D eigenvalue weighted by atomic mass is 16.5. The third-order valence-corrected chi connectivity index (χ3v) is 5.86. The van der Waals surface area contributed by atoms with Gasteiger partial charge in [0, 0.05) is 44.3 Å². The number of hydrogen-bond acceptors (Lipinski definition) is 5. The van der Waals surface area contributed by atoms with Crippen LogP contribution in [0.15, 0.2) is 18.2 Å². The predicted octanol–water partition coefficient (Wildman–Crippen LogP) is 2.64. The number of nitrogens with one attached hydrogen (secondary N) is 2. The molecule has 3 fully saturated rings. The molecule has 28 heavy (non-hydrogen) atoms. The van der Waals surface area contributed by atoms with Crippen molar-refractivity contribution in [2.75, 3.05) is 45.6 Å². The number of nitrogen functional groups attached to an aromatic ring is 1. The van der Waals surface area contributed by atoms with E-state index in [1.165, 1.54) is 64.8 Å². The van der Waals surface area contributed by atoms with Gasteiger partial charge >= 0.3 is 0 Å². The normalized spacial score (nSPS) is 20.8. The number of anilines is 1. The van der Waals surface area contributed by atoms with Crippen molar-refractivity contribution in [1.82, 2.24) is 15.5 Å². The first kappa shape index (κ1) is 20.9. The standard InChI is InChI=1S/C14H20N2O2.C8H16N2/c1-18-13-9-10(7-8-12(13)15)14(17)16-11-5-3-2-4-6-11;1-2-8(1)7-10-5-3-9-4-6-10/h7-9,11H,2-6,15H2,1H3,(H,16,17);8-9H,1-7H2. The predicted molar refractivity (Wildman–Crippen MR) is 114 cm³/mol. The fourth-order valence-electron chi connectivity index (χ4n) is 3.93. The summed E-state index contributed by atoms with van der Waals surface area (Å²) in [6, 6.07) is 5.44. The molecule has 4 rings (SSSR count). The maximum Gasteiger partial charge on any atom is 0.251 e. The molecule has 2 saturated carbocycles. The Morgan fingerprint density at radius 3 is 2.54 bits per heavy atom. The molecule has 0 bridgehead atoms. The lowest BCUT2D eigenvalue weighted by atomic mass is 9.95. The Morgan fingerprint density at radius 2 is 1.89 bits per heavy atom. The zero-order valence-corrected chi connectivity index (χ0v) is 17.2. The van der Waals surface area contributed by atoms with E-state index in [1.54, 1.807) is 25.3 Å². The third-order valence-electron chi connectivity index (χ3n) is 5.86. The molecular weight excluding hydrogens is 352 g/mol. The monoisotopic (exact) mass is 388 g/mol. The Bertz CT molecular complexity index is 621. The van der Waals surface area contributed by atoms with E-state index in [4.69, 9.17) is 10.5 Å². The highest BCUT2D eigenvalue weighted by Crippen LogP contribution is 2.29. The first-order valence-electron chi connectivity index (χ1n) is 10.8. The number of nitrogens with two attached hydrogens (primary N) is 1. The first-order valence-corrected chi connectivity index (χ1v) is 10.8. The summed E-state index contributed by atoms with van der Waals surface area (Å²) in [4.78, 5) is 14.7. The molecule has 1 aromatic carbocycles. The smallest absolute Gasteiger partial charge is 0.251 e. The van der Waals surface area contributed by atoms with Crippen LogP contribution in [0.1, 0.15) is 55.3 Å². The summed E-state index contributed by atoms with van der Waals surface area (Å²) in [5.41, 5.74) is 6.88. The molecule has 0 aromatic heterocycles. The Balaban J connectivity index is 0.000000188. The molecular formula is C22H36N4O2. The zero-order chi connectivity index (χ0) is 19.8. The van der Waals surface area contributed by atoms with E-state index < -0.39 is 0 Å². The Hall–Kier alpha value is -1.79. The van der Waals surface area contributed by atoms with Gasteiger partial charge < -0.3 is 26.0 Å². The van der Waals surface area contributed by atoms with Crippen LogP contribution in [0.3, 0.4) is 0 Å². The van der Waals surface area contributed by atoms with E-state index in [0.29, 0.717) is 23.0 Å². The summed E-state index contributed by atoms with van der Waals surface area (Å²) in [5.74, 6) is 1.57. The SMILES string of the molecule is C1CN(CC2CC2)CCN1.COc1cc(C(=O)NC2CCCCC2)ccc1N. The van der Waals surface area contributed by atoms with Crippen molar-refractivity contribution in [2.45, 2.75) is 51.0 Å². The van der Waals surface area contributed by atoms with Gasteiger partial charge in [0.25, 0.3) is 5.91 Å². The van der Waals surface area contributed by atoms with Crippen LogP contribution in [-0.2, 0) is 0 Å². The van der Waals surface area contributed by atoms with Gasteiger partial charge in [-0.25, -0.2) is 0 Å². The lowest BCUT2D eigenvalue weighted by Gasteiger charge is -2.26. The lowest BCUT2D eigenvalue weighted by Crippen LogP contribution is -2.44. The summed E-state index contributed by atoms with van der Waals surface area (Å²) < 4.78 is 5.12. The van der Waals surface area contributed by atoms with Gasteiger partial charge in [-0.05, 0) is 49.8 Å². The molecule has 1 heterocycles. The van der Waals surface area contributed by atoms with E-state index in [2.05, 4.69) is 15.5 Å². The molecule has 4 N–H and O–H groups in total. The van der Waals surface area contributed by atoms with Gasteiger partial charge in [-0.15, -0.1) is 0 Å². The van der Waals surface area contributed by atoms with Gasteiger partial charge in [0.15, 0.2) is 0 Å². The number of carbonyl (C=O) groups is 1. The van der Waals surface area contributed by atoms with Crippen molar-refractivity contribution in [2.24, 2.45) is 5.92 Å². The quantitative estimate of drug-likeness (QED) is 0.676. The van der Waals surface area contributed by atoms with Crippen molar-refractivity contribution in [3.63, 3.8) is 0 Å². The molecule has 6 nitrogen and oxygen atoms in total. The Kier molecular flexibility index (Phi) is 7.98. The van der Waals surface area contributed by atoms with Crippen LogP contribution >= 0.6 is 0 Å². The number of amides is 1. The molecule has 0 spiro atoms. The second-order valence-electron chi connectivity index (χ2n) is 8.26. The third kappa shape index (κ3) is 6.67. The van der Waals surface area contributed by atoms with Crippen LogP contribution in [0.4, 0.5) is 5.69 Å². The number of rotatable bonds is 5. The van der Waals surface area contributed by atoms with Crippen LogP contribution in [0.25, 0.3) is 0 Å². The van der Waals surface area contributed by atoms with Crippen LogP contribution in [0, 0.1) is 5.92 Å². The summed E-state index contributed by atoms with van der Waals surface area (Å²) in [6.07, 6.45) is 8.83. The fourth-order valence-corrected chi connectivity index (χ4v) is 3.93. The molecule has 1 aromatic rings. The molecule has 2 aliphatic carbocycles. The minimum Gasteiger partial charge on any atom is -0.495 e. The number of hydrogen-bond donors (Lipinski definition) is 3. The molecule has 1 amide bonds. The highest BCUT2D eigenvalue weighted by molar-refractivity contribution is 5.95. The second-order valence-corrected chi connectivity index (χ2v) is 8.26. The van der Waals surface area contributed by atoms with Gasteiger partial charge in [0.2, 0.25) is 0 Å². The van der Waals surface area contributed by atoms with Crippen molar-refractivity contribution in [3.8, 4) is 5.75 Å². The summed E-state index contributed by atoms with van der Waals surface area (Å²) in [7, 11) is 1.55. The maximum absolute atomic E-state index is 12.1. The Morgan fingerprint density at radius 1 is 1.18 bits per heavy atom. The van der Waals surface area contributed by atoms with Crippen LogP contribution < -0.4 is 21.1 Å². The van der Waals surface area contributed by atoms with Gasteiger partial charge in [-0.1, -0.05) is 19.3 Å². The molecule has 0 radical (unpaired) electrons. The van der Waals surface area contributed by atoms with Crippen molar-refractivity contribution < 1.29 is 9.53 Å². The molecule has 6 heteroatoms. The first-order chi connectivity index (χ1) is 13.7. The molecule has 156 valence electrons. The minimum atomic E-state index is -0.0415. The van der Waals surface area contributed by atoms with Crippen molar-refractivity contribution in [3.05, 3.63) is 23.8 Å². The fraction of sp³-hybridized carbons (Fsp3) is 0.682. The highest BCUT2D eigenvalue weighted by Gasteiger charge is 2.24. The summed E-state index contributed by atoms with van der Waals surface area (Å²) >= 11 is 0. The van der Waals surface area contributed by atoms with Gasteiger partial charge in [0.1, 0.15) is 5.75 Å². The van der Waals surface area contributed by atoms with Gasteiger partial charge in [0.05, 0.1) is 12.8 Å². The van der Waals surface area contributed by atoms with E-state index in [0.717, 1.165) is 18.8 Å². The molecule has 1 aliphatic heterocycles. The molecule has 0 unspecified atom stereocenters. The van der Waals surface area contributed by atoms with Crippen molar-refractivity contribution >= 4 is 11.6 Å². The molecule has 3 aliphatic rings. The average Bonchev–Trinajstić information content (AvgIpc) is 3.54. The van der Waals surface area contributed by atoms with E-state index in [9.17, 15) is 4.79 Å². The van der Waals surface area contributed by atoms with E-state index >= 15 is 0 Å². The number of carbonyl (C=O) groups excluding carboxylic acids is 1. The second kappa shape index (κ2) is 10.7. The Labute approximate surface area is 169 Å². The lowest BCUT2D eigenvalue weighted by molar-refractivity contribution is 0.0927. The number of methoxy groups -OCH3 is 1. The van der Waals surface area contributed by atoms with E-state index in [1.807, 2.05) is 0 Å². The summed E-state index contributed by atoms with van der Waals surface area (Å²) in [6.45, 7) is 6.33. The zero-order valence-electron chi connectivity index (χ0n) is 17.2. The molecule has 1 saturated heterocycles. The maximum atomic E-state index is 12.1. The number of ether oxygens (including phenoxy) is 1. The van der Waals surface area contributed by atoms with Crippen LogP contribution in [0.2, 0.25) is 0 Å². The van der Waals surface area contributed by atoms with Crippen LogP contribution in [0.5, 0.6) is 5.75 Å². The largest absolute Gasteiger partial charge is 0.495 e. The van der Waals surface area contributed by atoms with E-state index in [-0.39, 0.29) is 5.91 Å². The average molecular weight is 389 g/mol. The van der Waals surface area contributed by atoms with Crippen molar-refractivity contribution in [1.29, 1.82) is 0 Å².